The first-order valence-corrected chi connectivity index (χ1v) is 7.76. The first-order valence-electron chi connectivity index (χ1n) is 6.08. The van der Waals surface area contributed by atoms with Crippen LogP contribution in [0.3, 0.4) is 0 Å². The van der Waals surface area contributed by atoms with Crippen LogP contribution < -0.4 is 5.32 Å². The quantitative estimate of drug-likeness (QED) is 0.864. The van der Waals surface area contributed by atoms with Crippen molar-refractivity contribution in [2.45, 2.75) is 20.0 Å². The summed E-state index contributed by atoms with van der Waals surface area (Å²) in [5.41, 5.74) is 0.919. The molecule has 0 spiro atoms. The third kappa shape index (κ3) is 3.75. The lowest BCUT2D eigenvalue weighted by atomic mass is 10.3. The summed E-state index contributed by atoms with van der Waals surface area (Å²) >= 11 is 5.20. The number of halogens is 1. The molecule has 0 amide bonds. The Hall–Kier alpha value is -0.980. The Bertz CT molecular complexity index is 544. The second-order valence-corrected chi connectivity index (χ2v) is 5.78. The van der Waals surface area contributed by atoms with Crippen molar-refractivity contribution in [3.8, 4) is 10.6 Å². The van der Waals surface area contributed by atoms with E-state index >= 15 is 0 Å². The minimum Gasteiger partial charge on any atom is -0.377 e. The number of nitrogens with one attached hydrogen (secondary N) is 1. The van der Waals surface area contributed by atoms with E-state index in [2.05, 4.69) is 38.1 Å². The van der Waals surface area contributed by atoms with E-state index in [0.29, 0.717) is 12.4 Å². The zero-order valence-electron chi connectivity index (χ0n) is 10.9. The molecule has 0 saturated heterocycles. The first-order chi connectivity index (χ1) is 9.24. The fraction of sp³-hybridized carbons (Fsp3) is 0.385. The minimum absolute atomic E-state index is 0.414. The highest BCUT2D eigenvalue weighted by Crippen LogP contribution is 2.33. The van der Waals surface area contributed by atoms with Crippen LogP contribution in [0.1, 0.15) is 19.2 Å². The van der Waals surface area contributed by atoms with Gasteiger partial charge < -0.3 is 10.1 Å². The molecular weight excluding hydrogens is 326 g/mol. The van der Waals surface area contributed by atoms with Crippen LogP contribution in [0, 0.1) is 0 Å². The fourth-order valence-electron chi connectivity index (χ4n) is 1.63. The van der Waals surface area contributed by atoms with E-state index in [9.17, 15) is 0 Å². The number of ether oxygens (including phenoxy) is 1. The monoisotopic (exact) mass is 341 g/mol. The number of nitrogens with zero attached hydrogens (tertiary/aromatic N) is 2. The molecule has 102 valence electrons. The molecule has 0 aliphatic carbocycles. The van der Waals surface area contributed by atoms with Crippen LogP contribution in [0.4, 0.5) is 5.82 Å². The van der Waals surface area contributed by atoms with Crippen LogP contribution in [0.15, 0.2) is 22.0 Å². The zero-order valence-corrected chi connectivity index (χ0v) is 13.3. The predicted molar refractivity (Wildman–Crippen MR) is 82.5 cm³/mol. The number of thiophene rings is 1. The van der Waals surface area contributed by atoms with E-state index in [4.69, 9.17) is 4.74 Å². The normalized spacial score (nSPS) is 10.7. The summed E-state index contributed by atoms with van der Waals surface area (Å²) in [5.74, 6) is 1.54. The van der Waals surface area contributed by atoms with Crippen molar-refractivity contribution in [1.29, 1.82) is 0 Å². The number of rotatable bonds is 6. The van der Waals surface area contributed by atoms with E-state index in [1.807, 2.05) is 17.5 Å². The van der Waals surface area contributed by atoms with E-state index in [0.717, 1.165) is 33.8 Å². The maximum Gasteiger partial charge on any atom is 0.157 e. The van der Waals surface area contributed by atoms with Crippen molar-refractivity contribution in [3.05, 3.63) is 27.8 Å². The molecule has 0 radical (unpaired) electrons. The van der Waals surface area contributed by atoms with Crippen LogP contribution in [0.2, 0.25) is 0 Å². The van der Waals surface area contributed by atoms with Crippen molar-refractivity contribution in [1.82, 2.24) is 9.97 Å². The van der Waals surface area contributed by atoms with Gasteiger partial charge in [-0.1, -0.05) is 6.92 Å². The maximum atomic E-state index is 5.13. The molecule has 0 aliphatic rings. The molecule has 0 aromatic carbocycles. The molecule has 1 N–H and O–H groups in total. The summed E-state index contributed by atoms with van der Waals surface area (Å²) in [6.07, 6.45) is 1.06. The molecule has 6 heteroatoms. The van der Waals surface area contributed by atoms with Gasteiger partial charge in [0.1, 0.15) is 12.4 Å². The zero-order chi connectivity index (χ0) is 13.7. The first kappa shape index (κ1) is 14.4. The third-order valence-electron chi connectivity index (χ3n) is 2.45. The Labute approximate surface area is 125 Å². The summed E-state index contributed by atoms with van der Waals surface area (Å²) < 4.78 is 6.19. The predicted octanol–water partition coefficient (Wildman–Crippen LogP) is 3.94. The van der Waals surface area contributed by atoms with Gasteiger partial charge in [-0.3, -0.25) is 0 Å². The number of anilines is 1. The maximum absolute atomic E-state index is 5.13. The summed E-state index contributed by atoms with van der Waals surface area (Å²) in [6, 6.07) is 4.00. The Morgan fingerprint density at radius 3 is 2.89 bits per heavy atom. The number of hydrogen-bond acceptors (Lipinski definition) is 5. The molecule has 0 fully saturated rings. The second kappa shape index (κ2) is 6.98. The Balaban J connectivity index is 2.36. The largest absolute Gasteiger partial charge is 0.377 e. The molecule has 0 unspecified atom stereocenters. The van der Waals surface area contributed by atoms with E-state index in [-0.39, 0.29) is 0 Å². The van der Waals surface area contributed by atoms with Gasteiger partial charge in [0, 0.05) is 24.2 Å². The lowest BCUT2D eigenvalue weighted by molar-refractivity contribution is 0.178. The molecule has 2 rings (SSSR count). The van der Waals surface area contributed by atoms with E-state index in [1.54, 1.807) is 18.4 Å². The van der Waals surface area contributed by atoms with Crippen molar-refractivity contribution in [2.75, 3.05) is 19.0 Å². The third-order valence-corrected chi connectivity index (χ3v) is 4.31. The van der Waals surface area contributed by atoms with Crippen molar-refractivity contribution in [3.63, 3.8) is 0 Å². The second-order valence-electron chi connectivity index (χ2n) is 4.01. The molecule has 0 bridgehead atoms. The topological polar surface area (TPSA) is 47.0 Å². The molecule has 2 aromatic rings. The average Bonchev–Trinajstić information content (AvgIpc) is 2.83. The average molecular weight is 342 g/mol. The molecule has 0 aliphatic heterocycles. The lowest BCUT2D eigenvalue weighted by Gasteiger charge is -2.08. The highest BCUT2D eigenvalue weighted by atomic mass is 79.9. The summed E-state index contributed by atoms with van der Waals surface area (Å²) in [4.78, 5) is 10.1. The van der Waals surface area contributed by atoms with Gasteiger partial charge in [-0.05, 0) is 33.8 Å². The Morgan fingerprint density at radius 2 is 2.26 bits per heavy atom. The van der Waals surface area contributed by atoms with Gasteiger partial charge in [-0.15, -0.1) is 11.3 Å². The SMILES string of the molecule is CCCNc1cc(-c2sccc2Br)nc(COC)n1. The Morgan fingerprint density at radius 1 is 1.42 bits per heavy atom. The molecule has 2 aromatic heterocycles. The van der Waals surface area contributed by atoms with Crippen LogP contribution in [-0.4, -0.2) is 23.6 Å². The van der Waals surface area contributed by atoms with Crippen LogP contribution in [0.5, 0.6) is 0 Å². The molecular formula is C13H16BrN3OS. The van der Waals surface area contributed by atoms with Gasteiger partial charge in [0.15, 0.2) is 5.82 Å². The van der Waals surface area contributed by atoms with Crippen molar-refractivity contribution < 1.29 is 4.74 Å². The van der Waals surface area contributed by atoms with Crippen LogP contribution >= 0.6 is 27.3 Å². The van der Waals surface area contributed by atoms with Gasteiger partial charge in [-0.25, -0.2) is 9.97 Å². The number of methoxy groups -OCH3 is 1. The van der Waals surface area contributed by atoms with E-state index < -0.39 is 0 Å². The Kier molecular flexibility index (Phi) is 5.30. The minimum atomic E-state index is 0.414. The van der Waals surface area contributed by atoms with Crippen LogP contribution in [0.25, 0.3) is 10.6 Å². The summed E-state index contributed by atoms with van der Waals surface area (Å²) in [6.45, 7) is 3.44. The molecule has 2 heterocycles. The highest BCUT2D eigenvalue weighted by molar-refractivity contribution is 9.10. The molecule has 19 heavy (non-hydrogen) atoms. The fourth-order valence-corrected chi connectivity index (χ4v) is 3.16. The standard InChI is InChI=1S/C13H16BrN3OS/c1-3-5-15-11-7-10(13-9(14)4-6-19-13)16-12(17-11)8-18-2/h4,6-7H,3,5,8H2,1-2H3,(H,15,16,17). The number of hydrogen-bond donors (Lipinski definition) is 1. The molecule has 0 atom stereocenters. The van der Waals surface area contributed by atoms with Gasteiger partial charge >= 0.3 is 0 Å². The van der Waals surface area contributed by atoms with Gasteiger partial charge in [0.25, 0.3) is 0 Å². The smallest absolute Gasteiger partial charge is 0.157 e. The van der Waals surface area contributed by atoms with Crippen molar-refractivity contribution in [2.24, 2.45) is 0 Å². The van der Waals surface area contributed by atoms with Crippen LogP contribution in [-0.2, 0) is 11.3 Å². The molecule has 0 saturated carbocycles. The highest BCUT2D eigenvalue weighted by Gasteiger charge is 2.10. The van der Waals surface area contributed by atoms with Gasteiger partial charge in [0.05, 0.1) is 10.6 Å². The van der Waals surface area contributed by atoms with Gasteiger partial charge in [0.2, 0.25) is 0 Å². The van der Waals surface area contributed by atoms with E-state index in [1.165, 1.54) is 0 Å². The summed E-state index contributed by atoms with van der Waals surface area (Å²) in [5, 5.41) is 5.34. The van der Waals surface area contributed by atoms with Crippen molar-refractivity contribution >= 4 is 33.1 Å². The number of aromatic nitrogens is 2. The summed E-state index contributed by atoms with van der Waals surface area (Å²) in [7, 11) is 1.65. The lowest BCUT2D eigenvalue weighted by Crippen LogP contribution is -2.06. The molecule has 4 nitrogen and oxygen atoms in total. The van der Waals surface area contributed by atoms with Gasteiger partial charge in [-0.2, -0.15) is 0 Å².